The van der Waals surface area contributed by atoms with E-state index in [2.05, 4.69) is 67.4 Å². The van der Waals surface area contributed by atoms with Gasteiger partial charge in [-0.25, -0.2) is 9.97 Å². The Bertz CT molecular complexity index is 893. The molecule has 6 heteroatoms. The van der Waals surface area contributed by atoms with Gasteiger partial charge in [-0.3, -0.25) is 4.90 Å². The molecule has 148 valence electrons. The fourth-order valence-corrected chi connectivity index (χ4v) is 3.83. The first-order valence-corrected chi connectivity index (χ1v) is 10.2. The van der Waals surface area contributed by atoms with Gasteiger partial charge in [-0.2, -0.15) is 0 Å². The molecule has 0 saturated carbocycles. The highest BCUT2D eigenvalue weighted by Crippen LogP contribution is 2.25. The van der Waals surface area contributed by atoms with E-state index in [0.29, 0.717) is 0 Å². The fourth-order valence-electron chi connectivity index (χ4n) is 3.83. The molecule has 0 atom stereocenters. The van der Waals surface area contributed by atoms with Crippen LogP contribution >= 0.6 is 0 Å². The van der Waals surface area contributed by atoms with Crippen molar-refractivity contribution in [3.8, 4) is 11.3 Å². The molecule has 3 heterocycles. The third kappa shape index (κ3) is 4.41. The van der Waals surface area contributed by atoms with Crippen molar-refractivity contribution in [1.29, 1.82) is 0 Å². The van der Waals surface area contributed by atoms with E-state index in [1.165, 1.54) is 11.1 Å². The predicted molar refractivity (Wildman–Crippen MR) is 114 cm³/mol. The van der Waals surface area contributed by atoms with Crippen molar-refractivity contribution < 1.29 is 0 Å². The number of hydrogen-bond acceptors (Lipinski definition) is 5. The van der Waals surface area contributed by atoms with Gasteiger partial charge in [0.25, 0.3) is 0 Å². The molecule has 0 amide bonds. The molecule has 1 saturated heterocycles. The number of likely N-dealkylation sites (N-methyl/N-ethyl adjacent to an activating group) is 1. The zero-order chi connectivity index (χ0) is 19.3. The van der Waals surface area contributed by atoms with Crippen LogP contribution in [0.4, 0.5) is 0 Å². The Morgan fingerprint density at radius 2 is 1.86 bits per heavy atom. The molecular formula is C22H30N6. The van der Waals surface area contributed by atoms with Gasteiger partial charge in [0, 0.05) is 43.8 Å². The van der Waals surface area contributed by atoms with Crippen LogP contribution in [0.2, 0.25) is 0 Å². The van der Waals surface area contributed by atoms with Gasteiger partial charge in [-0.1, -0.05) is 24.3 Å². The molecule has 1 aliphatic heterocycles. The monoisotopic (exact) mass is 378 g/mol. The summed E-state index contributed by atoms with van der Waals surface area (Å²) in [5.41, 5.74) is 5.72. The number of rotatable bonds is 7. The molecule has 2 aromatic heterocycles. The maximum absolute atomic E-state index is 4.50. The highest BCUT2D eigenvalue weighted by Gasteiger charge is 2.14. The van der Waals surface area contributed by atoms with Crippen LogP contribution < -0.4 is 5.32 Å². The summed E-state index contributed by atoms with van der Waals surface area (Å²) in [5.74, 6) is 0. The number of benzene rings is 1. The second-order valence-electron chi connectivity index (χ2n) is 7.75. The minimum atomic E-state index is 0.922. The van der Waals surface area contributed by atoms with E-state index in [-0.39, 0.29) is 0 Å². The number of fused-ring (bicyclic) bond motifs is 1. The number of nitrogens with zero attached hydrogens (tertiary/aromatic N) is 4. The van der Waals surface area contributed by atoms with Crippen LogP contribution in [0.5, 0.6) is 0 Å². The van der Waals surface area contributed by atoms with Crippen molar-refractivity contribution in [2.45, 2.75) is 19.4 Å². The summed E-state index contributed by atoms with van der Waals surface area (Å²) < 4.78 is 0. The molecule has 2 N–H and O–H groups in total. The molecule has 6 nitrogen and oxygen atoms in total. The first kappa shape index (κ1) is 19.1. The van der Waals surface area contributed by atoms with E-state index >= 15 is 0 Å². The second kappa shape index (κ2) is 8.82. The molecule has 4 rings (SSSR count). The molecule has 0 aliphatic carbocycles. The number of nitrogens with one attached hydrogen (secondary N) is 2. The second-order valence-corrected chi connectivity index (χ2v) is 7.75. The Kier molecular flexibility index (Phi) is 6.00. The Morgan fingerprint density at radius 1 is 1.07 bits per heavy atom. The van der Waals surface area contributed by atoms with Gasteiger partial charge in [0.15, 0.2) is 0 Å². The molecule has 0 unspecified atom stereocenters. The zero-order valence-corrected chi connectivity index (χ0v) is 16.9. The van der Waals surface area contributed by atoms with E-state index in [1.807, 2.05) is 7.05 Å². The Balaban J connectivity index is 1.48. The third-order valence-corrected chi connectivity index (χ3v) is 5.62. The SMILES string of the molecule is CNCCCc1ncnc2[nH]c(-c3ccc(CN4CCN(C)CC4)cc3)cc12. The van der Waals surface area contributed by atoms with Crippen LogP contribution in [0.15, 0.2) is 36.7 Å². The van der Waals surface area contributed by atoms with Crippen molar-refractivity contribution >= 4 is 11.0 Å². The molecule has 0 bridgehead atoms. The lowest BCUT2D eigenvalue weighted by Crippen LogP contribution is -2.43. The summed E-state index contributed by atoms with van der Waals surface area (Å²) in [7, 11) is 4.18. The Morgan fingerprint density at radius 3 is 2.61 bits per heavy atom. The van der Waals surface area contributed by atoms with Crippen LogP contribution in [0.3, 0.4) is 0 Å². The summed E-state index contributed by atoms with van der Waals surface area (Å²) in [4.78, 5) is 17.3. The third-order valence-electron chi connectivity index (χ3n) is 5.62. The number of H-pyrrole nitrogens is 1. The van der Waals surface area contributed by atoms with Crippen LogP contribution in [0.25, 0.3) is 22.3 Å². The largest absolute Gasteiger partial charge is 0.339 e. The topological polar surface area (TPSA) is 60.1 Å². The minimum absolute atomic E-state index is 0.922. The van der Waals surface area contributed by atoms with E-state index in [9.17, 15) is 0 Å². The minimum Gasteiger partial charge on any atom is -0.339 e. The summed E-state index contributed by atoms with van der Waals surface area (Å²) in [6.07, 6.45) is 3.70. The number of aromatic amines is 1. The zero-order valence-electron chi connectivity index (χ0n) is 16.9. The van der Waals surface area contributed by atoms with Gasteiger partial charge in [-0.05, 0) is 50.7 Å². The van der Waals surface area contributed by atoms with Gasteiger partial charge in [-0.15, -0.1) is 0 Å². The maximum Gasteiger partial charge on any atom is 0.141 e. The van der Waals surface area contributed by atoms with Gasteiger partial charge in [0.05, 0.1) is 5.69 Å². The van der Waals surface area contributed by atoms with Crippen LogP contribution in [-0.4, -0.2) is 71.6 Å². The average Bonchev–Trinajstić information content (AvgIpc) is 3.16. The number of aromatic nitrogens is 3. The molecular weight excluding hydrogens is 348 g/mol. The highest BCUT2D eigenvalue weighted by atomic mass is 15.2. The van der Waals surface area contributed by atoms with E-state index < -0.39 is 0 Å². The number of hydrogen-bond donors (Lipinski definition) is 2. The Labute approximate surface area is 167 Å². The summed E-state index contributed by atoms with van der Waals surface area (Å²) in [6, 6.07) is 11.1. The Hall–Kier alpha value is -2.28. The summed E-state index contributed by atoms with van der Waals surface area (Å²) in [5, 5.41) is 4.33. The average molecular weight is 379 g/mol. The molecule has 1 fully saturated rings. The van der Waals surface area contributed by atoms with Crippen LogP contribution in [-0.2, 0) is 13.0 Å². The molecule has 0 radical (unpaired) electrons. The molecule has 0 spiro atoms. The fraction of sp³-hybridized carbons (Fsp3) is 0.455. The summed E-state index contributed by atoms with van der Waals surface area (Å²) >= 11 is 0. The maximum atomic E-state index is 4.50. The normalized spacial score (nSPS) is 16.1. The van der Waals surface area contributed by atoms with Gasteiger partial charge in [0.2, 0.25) is 0 Å². The number of aryl methyl sites for hydroxylation is 1. The first-order valence-electron chi connectivity index (χ1n) is 10.2. The standard InChI is InChI=1S/C22H30N6/c1-23-9-3-4-20-19-14-21(26-22(19)25-16-24-20)18-7-5-17(6-8-18)15-28-12-10-27(2)11-13-28/h5-8,14,16,23H,3-4,9-13,15H2,1-2H3,(H,24,25,26). The van der Waals surface area contributed by atoms with Gasteiger partial charge >= 0.3 is 0 Å². The van der Waals surface area contributed by atoms with Crippen molar-refractivity contribution in [3.05, 3.63) is 47.9 Å². The lowest BCUT2D eigenvalue weighted by atomic mass is 10.1. The van der Waals surface area contributed by atoms with Crippen molar-refractivity contribution in [2.75, 3.05) is 46.8 Å². The molecule has 1 aliphatic rings. The molecule has 3 aromatic rings. The van der Waals surface area contributed by atoms with E-state index in [4.69, 9.17) is 0 Å². The summed E-state index contributed by atoms with van der Waals surface area (Å²) in [6.45, 7) is 6.64. The van der Waals surface area contributed by atoms with Crippen LogP contribution in [0.1, 0.15) is 17.7 Å². The number of piperazine rings is 1. The first-order chi connectivity index (χ1) is 13.7. The smallest absolute Gasteiger partial charge is 0.141 e. The molecule has 1 aromatic carbocycles. The molecule has 28 heavy (non-hydrogen) atoms. The van der Waals surface area contributed by atoms with Crippen LogP contribution in [0, 0.1) is 0 Å². The van der Waals surface area contributed by atoms with Crippen molar-refractivity contribution in [1.82, 2.24) is 30.1 Å². The predicted octanol–water partition coefficient (Wildman–Crippen LogP) is 2.52. The van der Waals surface area contributed by atoms with Crippen molar-refractivity contribution in [2.24, 2.45) is 0 Å². The van der Waals surface area contributed by atoms with Gasteiger partial charge in [0.1, 0.15) is 12.0 Å². The lowest BCUT2D eigenvalue weighted by Gasteiger charge is -2.32. The van der Waals surface area contributed by atoms with E-state index in [0.717, 1.165) is 74.5 Å². The van der Waals surface area contributed by atoms with Crippen molar-refractivity contribution in [3.63, 3.8) is 0 Å². The highest BCUT2D eigenvalue weighted by molar-refractivity contribution is 5.84. The van der Waals surface area contributed by atoms with E-state index in [1.54, 1.807) is 6.33 Å². The van der Waals surface area contributed by atoms with Gasteiger partial charge < -0.3 is 15.2 Å². The quantitative estimate of drug-likeness (QED) is 0.619. The lowest BCUT2D eigenvalue weighted by molar-refractivity contribution is 0.148.